The monoisotopic (exact) mass is 534 g/mol. The van der Waals surface area contributed by atoms with Crippen LogP contribution in [0.3, 0.4) is 0 Å². The molecule has 0 saturated heterocycles. The summed E-state index contributed by atoms with van der Waals surface area (Å²) >= 11 is 0. The van der Waals surface area contributed by atoms with Gasteiger partial charge in [-0.2, -0.15) is 0 Å². The van der Waals surface area contributed by atoms with E-state index in [1.54, 1.807) is 0 Å². The van der Waals surface area contributed by atoms with E-state index in [1.807, 2.05) is 60.9 Å². The molecular formula is C34H47FN2O2. The molecule has 0 aliphatic carbocycles. The molecule has 1 heterocycles. The fourth-order valence-corrected chi connectivity index (χ4v) is 4.56. The maximum atomic E-state index is 14.2. The third-order valence-electron chi connectivity index (χ3n) is 7.02. The number of nitrogens with zero attached hydrogens (tertiary/aromatic N) is 2. The van der Waals surface area contributed by atoms with Crippen LogP contribution in [-0.4, -0.2) is 29.4 Å². The Labute approximate surface area is 235 Å². The van der Waals surface area contributed by atoms with Crippen molar-refractivity contribution >= 4 is 0 Å². The van der Waals surface area contributed by atoms with Crippen molar-refractivity contribution in [2.45, 2.75) is 103 Å². The van der Waals surface area contributed by atoms with Crippen LogP contribution in [0.2, 0.25) is 0 Å². The third-order valence-corrected chi connectivity index (χ3v) is 7.02. The molecule has 3 aromatic rings. The Morgan fingerprint density at radius 2 is 1.10 bits per heavy atom. The lowest BCUT2D eigenvalue weighted by atomic mass is 10.1. The Bertz CT molecular complexity index is 1020. The Morgan fingerprint density at radius 1 is 0.590 bits per heavy atom. The molecule has 1 atom stereocenters. The van der Waals surface area contributed by atoms with Crippen LogP contribution < -0.4 is 9.47 Å². The van der Waals surface area contributed by atoms with E-state index in [4.69, 9.17) is 9.47 Å². The predicted molar refractivity (Wildman–Crippen MR) is 160 cm³/mol. The summed E-state index contributed by atoms with van der Waals surface area (Å²) < 4.78 is 25.7. The van der Waals surface area contributed by atoms with E-state index in [1.165, 1.54) is 57.8 Å². The first-order valence-electron chi connectivity index (χ1n) is 15.1. The minimum atomic E-state index is -0.919. The zero-order valence-corrected chi connectivity index (χ0v) is 24.0. The van der Waals surface area contributed by atoms with Crippen molar-refractivity contribution < 1.29 is 13.9 Å². The van der Waals surface area contributed by atoms with E-state index in [9.17, 15) is 4.39 Å². The van der Waals surface area contributed by atoms with Crippen molar-refractivity contribution in [1.82, 2.24) is 9.97 Å². The lowest BCUT2D eigenvalue weighted by molar-refractivity contribution is 0.184. The maximum Gasteiger partial charge on any atom is 0.159 e. The van der Waals surface area contributed by atoms with E-state index in [2.05, 4.69) is 23.8 Å². The molecule has 39 heavy (non-hydrogen) atoms. The van der Waals surface area contributed by atoms with Crippen molar-refractivity contribution in [3.8, 4) is 34.0 Å². The molecule has 212 valence electrons. The molecule has 1 aromatic heterocycles. The van der Waals surface area contributed by atoms with Crippen LogP contribution in [0.5, 0.6) is 11.5 Å². The quantitative estimate of drug-likeness (QED) is 0.135. The van der Waals surface area contributed by atoms with Crippen LogP contribution in [0, 0.1) is 0 Å². The van der Waals surface area contributed by atoms with Crippen molar-refractivity contribution in [3.05, 3.63) is 60.9 Å². The summed E-state index contributed by atoms with van der Waals surface area (Å²) in [5.41, 5.74) is 2.88. The number of hydrogen-bond donors (Lipinski definition) is 0. The second-order valence-corrected chi connectivity index (χ2v) is 10.4. The van der Waals surface area contributed by atoms with Crippen LogP contribution in [0.15, 0.2) is 60.9 Å². The van der Waals surface area contributed by atoms with Gasteiger partial charge in [0.05, 0.1) is 6.61 Å². The van der Waals surface area contributed by atoms with E-state index >= 15 is 0 Å². The molecule has 0 fully saturated rings. The molecule has 0 N–H and O–H groups in total. The maximum absolute atomic E-state index is 14.2. The first kappa shape index (κ1) is 30.6. The average Bonchev–Trinajstić information content (AvgIpc) is 2.98. The second-order valence-electron chi connectivity index (χ2n) is 10.4. The summed E-state index contributed by atoms with van der Waals surface area (Å²) in [6.45, 7) is 5.31. The largest absolute Gasteiger partial charge is 0.494 e. The smallest absolute Gasteiger partial charge is 0.159 e. The van der Waals surface area contributed by atoms with Gasteiger partial charge in [-0.05, 0) is 54.8 Å². The zero-order valence-electron chi connectivity index (χ0n) is 24.0. The lowest BCUT2D eigenvalue weighted by Gasteiger charge is -2.11. The van der Waals surface area contributed by atoms with Gasteiger partial charge < -0.3 is 9.47 Å². The van der Waals surface area contributed by atoms with Gasteiger partial charge in [-0.3, -0.25) is 0 Å². The third kappa shape index (κ3) is 11.8. The van der Waals surface area contributed by atoms with Crippen LogP contribution in [0.4, 0.5) is 4.39 Å². The molecule has 5 heteroatoms. The lowest BCUT2D eigenvalue weighted by Crippen LogP contribution is -2.12. The number of aromatic nitrogens is 2. The molecule has 0 amide bonds. The first-order valence-corrected chi connectivity index (χ1v) is 15.1. The Balaban J connectivity index is 1.40. The van der Waals surface area contributed by atoms with Gasteiger partial charge in [0.25, 0.3) is 0 Å². The van der Waals surface area contributed by atoms with Gasteiger partial charge >= 0.3 is 0 Å². The number of halogens is 1. The highest BCUT2D eigenvalue weighted by molar-refractivity contribution is 5.64. The second kappa shape index (κ2) is 18.4. The summed E-state index contributed by atoms with van der Waals surface area (Å²) in [5, 5.41) is 0. The van der Waals surface area contributed by atoms with E-state index in [-0.39, 0.29) is 6.61 Å². The molecule has 0 spiro atoms. The Morgan fingerprint density at radius 3 is 1.72 bits per heavy atom. The fourth-order valence-electron chi connectivity index (χ4n) is 4.56. The first-order chi connectivity index (χ1) is 19.2. The number of rotatable bonds is 20. The molecule has 2 aromatic carbocycles. The van der Waals surface area contributed by atoms with Crippen LogP contribution in [0.25, 0.3) is 22.5 Å². The van der Waals surface area contributed by atoms with E-state index in [0.717, 1.165) is 48.3 Å². The van der Waals surface area contributed by atoms with Crippen LogP contribution >= 0.6 is 0 Å². The van der Waals surface area contributed by atoms with E-state index in [0.29, 0.717) is 18.0 Å². The van der Waals surface area contributed by atoms with Crippen molar-refractivity contribution in [3.63, 3.8) is 0 Å². The zero-order chi connectivity index (χ0) is 27.5. The number of benzene rings is 2. The van der Waals surface area contributed by atoms with Gasteiger partial charge in [0.1, 0.15) is 24.3 Å². The van der Waals surface area contributed by atoms with Gasteiger partial charge in [0, 0.05) is 23.5 Å². The molecule has 1 unspecified atom stereocenters. The van der Waals surface area contributed by atoms with E-state index < -0.39 is 6.17 Å². The highest BCUT2D eigenvalue weighted by Gasteiger charge is 2.09. The summed E-state index contributed by atoms with van der Waals surface area (Å²) in [6, 6.07) is 15.7. The topological polar surface area (TPSA) is 44.2 Å². The van der Waals surface area contributed by atoms with Crippen LogP contribution in [0.1, 0.15) is 97.3 Å². The molecule has 4 nitrogen and oxygen atoms in total. The standard InChI is InChI=1S/C34H47FN2O2/c1-3-5-7-9-11-13-15-31(35)27-39-33-20-16-28(17-21-33)30-25-36-34(37-26-30)29-18-22-32(23-19-29)38-24-14-12-10-8-6-4-2/h16-23,25-26,31H,3-15,24,27H2,1-2H3. The minimum absolute atomic E-state index is 0.106. The van der Waals surface area contributed by atoms with Crippen molar-refractivity contribution in [1.29, 1.82) is 0 Å². The number of hydrogen-bond acceptors (Lipinski definition) is 4. The number of alkyl halides is 1. The van der Waals surface area contributed by atoms with Gasteiger partial charge in [-0.1, -0.05) is 96.6 Å². The number of ether oxygens (including phenoxy) is 2. The van der Waals surface area contributed by atoms with Gasteiger partial charge in [0.15, 0.2) is 5.82 Å². The molecule has 3 rings (SSSR count). The molecule has 0 aliphatic rings. The Kier molecular flexibility index (Phi) is 14.4. The molecule has 0 radical (unpaired) electrons. The molecule has 0 bridgehead atoms. The summed E-state index contributed by atoms with van der Waals surface area (Å²) in [5.74, 6) is 2.24. The minimum Gasteiger partial charge on any atom is -0.494 e. The van der Waals surface area contributed by atoms with Crippen molar-refractivity contribution in [2.24, 2.45) is 0 Å². The Hall–Kier alpha value is -2.95. The average molecular weight is 535 g/mol. The summed E-state index contributed by atoms with van der Waals surface area (Å²) in [4.78, 5) is 9.13. The molecule has 0 saturated carbocycles. The van der Waals surface area contributed by atoms with Crippen LogP contribution in [-0.2, 0) is 0 Å². The highest BCUT2D eigenvalue weighted by Crippen LogP contribution is 2.24. The van der Waals surface area contributed by atoms with Crippen molar-refractivity contribution in [2.75, 3.05) is 13.2 Å². The van der Waals surface area contributed by atoms with Gasteiger partial charge in [0.2, 0.25) is 0 Å². The number of unbranched alkanes of at least 4 members (excludes halogenated alkanes) is 10. The molecule has 0 aliphatic heterocycles. The molecular weight excluding hydrogens is 487 g/mol. The fraction of sp³-hybridized carbons (Fsp3) is 0.529. The van der Waals surface area contributed by atoms with Gasteiger partial charge in [-0.15, -0.1) is 0 Å². The normalized spacial score (nSPS) is 11.9. The summed E-state index contributed by atoms with van der Waals surface area (Å²) in [7, 11) is 0. The summed E-state index contributed by atoms with van der Waals surface area (Å²) in [6.07, 6.45) is 17.9. The van der Waals surface area contributed by atoms with Gasteiger partial charge in [-0.25, -0.2) is 14.4 Å². The SMILES string of the molecule is CCCCCCCCOc1ccc(-c2ncc(-c3ccc(OCC(F)CCCCCCCC)cc3)cn2)cc1. The highest BCUT2D eigenvalue weighted by atomic mass is 19.1. The predicted octanol–water partition coefficient (Wildman–Crippen LogP) is 10.0.